The Balaban J connectivity index is 2.41. The molecule has 0 atom stereocenters. The second kappa shape index (κ2) is 6.07. The van der Waals surface area contributed by atoms with E-state index in [1.54, 1.807) is 0 Å². The molecule has 0 unspecified atom stereocenters. The molecule has 9 heteroatoms. The van der Waals surface area contributed by atoms with Crippen molar-refractivity contribution >= 4 is 15.7 Å². The minimum Gasteiger partial charge on any atom is -0.497 e. The van der Waals surface area contributed by atoms with Gasteiger partial charge in [0.05, 0.1) is 23.3 Å². The molecule has 0 saturated carbocycles. The van der Waals surface area contributed by atoms with Gasteiger partial charge in [0.15, 0.2) is 0 Å². The third-order valence-electron chi connectivity index (χ3n) is 2.90. The van der Waals surface area contributed by atoms with Gasteiger partial charge < -0.3 is 4.74 Å². The van der Waals surface area contributed by atoms with E-state index in [9.17, 15) is 26.0 Å². The van der Waals surface area contributed by atoms with Crippen LogP contribution in [0.4, 0.5) is 23.2 Å². The second-order valence-electron chi connectivity index (χ2n) is 4.47. The van der Waals surface area contributed by atoms with Gasteiger partial charge >= 0.3 is 6.18 Å². The van der Waals surface area contributed by atoms with Crippen LogP contribution in [0, 0.1) is 5.82 Å². The van der Waals surface area contributed by atoms with Gasteiger partial charge in [-0.2, -0.15) is 13.2 Å². The van der Waals surface area contributed by atoms with Crippen molar-refractivity contribution in [3.8, 4) is 5.75 Å². The second-order valence-corrected chi connectivity index (χ2v) is 6.15. The molecule has 0 aliphatic heterocycles. The summed E-state index contributed by atoms with van der Waals surface area (Å²) in [4.78, 5) is -0.254. The molecule has 0 radical (unpaired) electrons. The first-order chi connectivity index (χ1) is 10.6. The number of nitrogens with one attached hydrogen (secondary N) is 1. The van der Waals surface area contributed by atoms with Crippen molar-refractivity contribution in [2.24, 2.45) is 0 Å². The van der Waals surface area contributed by atoms with Crippen molar-refractivity contribution in [3.05, 3.63) is 53.8 Å². The summed E-state index contributed by atoms with van der Waals surface area (Å²) in [6.45, 7) is 0. The van der Waals surface area contributed by atoms with E-state index in [0.29, 0.717) is 5.75 Å². The van der Waals surface area contributed by atoms with E-state index in [0.717, 1.165) is 12.1 Å². The highest BCUT2D eigenvalue weighted by molar-refractivity contribution is 7.92. The molecule has 0 aromatic heterocycles. The largest absolute Gasteiger partial charge is 0.497 e. The lowest BCUT2D eigenvalue weighted by Crippen LogP contribution is -2.17. The molecule has 2 rings (SSSR count). The molecule has 1 N–H and O–H groups in total. The molecule has 0 spiro atoms. The smallest absolute Gasteiger partial charge is 0.418 e. The van der Waals surface area contributed by atoms with Gasteiger partial charge in [0.1, 0.15) is 11.6 Å². The van der Waals surface area contributed by atoms with Crippen molar-refractivity contribution in [3.63, 3.8) is 0 Å². The Morgan fingerprint density at radius 1 is 1.04 bits per heavy atom. The topological polar surface area (TPSA) is 55.4 Å². The quantitative estimate of drug-likeness (QED) is 0.857. The van der Waals surface area contributed by atoms with Crippen LogP contribution >= 0.6 is 0 Å². The van der Waals surface area contributed by atoms with E-state index in [2.05, 4.69) is 0 Å². The molecule has 4 nitrogen and oxygen atoms in total. The lowest BCUT2D eigenvalue weighted by atomic mass is 10.2. The third kappa shape index (κ3) is 3.92. The molecule has 2 aromatic carbocycles. The normalized spacial score (nSPS) is 12.0. The first kappa shape index (κ1) is 17.1. The number of methoxy groups -OCH3 is 1. The summed E-state index contributed by atoms with van der Waals surface area (Å²) in [5, 5.41) is 0. The van der Waals surface area contributed by atoms with Crippen LogP contribution in [0.3, 0.4) is 0 Å². The predicted molar refractivity (Wildman–Crippen MR) is 75.2 cm³/mol. The summed E-state index contributed by atoms with van der Waals surface area (Å²) in [5.41, 5.74) is -2.16. The maximum absolute atomic E-state index is 13.0. The molecule has 0 fully saturated rings. The summed E-state index contributed by atoms with van der Waals surface area (Å²) in [6.07, 6.45) is -4.90. The number of alkyl halides is 3. The molecule has 0 aliphatic carbocycles. The highest BCUT2D eigenvalue weighted by Gasteiger charge is 2.35. The Labute approximate surface area is 129 Å². The zero-order valence-electron chi connectivity index (χ0n) is 11.7. The highest BCUT2D eigenvalue weighted by Crippen LogP contribution is 2.36. The van der Waals surface area contributed by atoms with Crippen LogP contribution < -0.4 is 9.46 Å². The van der Waals surface area contributed by atoms with Crippen molar-refractivity contribution in [2.75, 3.05) is 11.8 Å². The van der Waals surface area contributed by atoms with E-state index >= 15 is 0 Å². The fourth-order valence-corrected chi connectivity index (χ4v) is 2.88. The van der Waals surface area contributed by atoms with Gasteiger partial charge in [-0.05, 0) is 42.5 Å². The molecule has 2 aromatic rings. The van der Waals surface area contributed by atoms with Crippen LogP contribution in [0.5, 0.6) is 5.75 Å². The summed E-state index contributed by atoms with van der Waals surface area (Å²) < 4.78 is 82.7. The minimum absolute atomic E-state index is 0.228. The van der Waals surface area contributed by atoms with E-state index in [-0.39, 0.29) is 11.0 Å². The first-order valence-electron chi connectivity index (χ1n) is 6.17. The van der Waals surface area contributed by atoms with Crippen molar-refractivity contribution < 1.29 is 30.7 Å². The van der Waals surface area contributed by atoms with Crippen molar-refractivity contribution in [1.82, 2.24) is 0 Å². The van der Waals surface area contributed by atoms with E-state index in [1.807, 2.05) is 4.72 Å². The van der Waals surface area contributed by atoms with E-state index in [4.69, 9.17) is 4.74 Å². The number of hydrogen-bond acceptors (Lipinski definition) is 3. The molecule has 0 saturated heterocycles. The Morgan fingerprint density at radius 3 is 2.17 bits per heavy atom. The first-order valence-corrected chi connectivity index (χ1v) is 7.65. The van der Waals surface area contributed by atoms with Crippen LogP contribution in [-0.4, -0.2) is 15.5 Å². The lowest BCUT2D eigenvalue weighted by Gasteiger charge is -2.15. The third-order valence-corrected chi connectivity index (χ3v) is 4.28. The summed E-state index contributed by atoms with van der Waals surface area (Å²) in [6, 6.07) is 6.75. The van der Waals surface area contributed by atoms with Gasteiger partial charge in [-0.25, -0.2) is 12.8 Å². The summed E-state index contributed by atoms with van der Waals surface area (Å²) in [7, 11) is -2.88. The number of rotatable bonds is 4. The van der Waals surface area contributed by atoms with Gasteiger partial charge in [-0.3, -0.25) is 4.72 Å². The monoisotopic (exact) mass is 349 g/mol. The average molecular weight is 349 g/mol. The Bertz CT molecular complexity index is 802. The van der Waals surface area contributed by atoms with E-state index in [1.165, 1.54) is 31.4 Å². The predicted octanol–water partition coefficient (Wildman–Crippen LogP) is 3.65. The van der Waals surface area contributed by atoms with Gasteiger partial charge in [-0.15, -0.1) is 0 Å². The average Bonchev–Trinajstić information content (AvgIpc) is 2.48. The molecular formula is C14H11F4NO3S. The fraction of sp³-hybridized carbons (Fsp3) is 0.143. The minimum atomic E-state index is -4.90. The fourth-order valence-electron chi connectivity index (χ4n) is 1.80. The standard InChI is InChI=1S/C14H11F4NO3S/c1-22-10-3-5-11(6-4-10)23(20,21)19-13-7-2-9(15)8-12(13)14(16,17)18/h2-8,19H,1H3. The van der Waals surface area contributed by atoms with Gasteiger partial charge in [0.2, 0.25) is 0 Å². The molecule has 23 heavy (non-hydrogen) atoms. The van der Waals surface area contributed by atoms with E-state index < -0.39 is 33.3 Å². The molecular weight excluding hydrogens is 338 g/mol. The lowest BCUT2D eigenvalue weighted by molar-refractivity contribution is -0.137. The SMILES string of the molecule is COc1ccc(S(=O)(=O)Nc2ccc(F)cc2C(F)(F)F)cc1. The molecule has 0 aliphatic rings. The number of sulfonamides is 1. The maximum Gasteiger partial charge on any atom is 0.418 e. The van der Waals surface area contributed by atoms with Crippen LogP contribution in [0.1, 0.15) is 5.56 Å². The van der Waals surface area contributed by atoms with Crippen LogP contribution in [0.2, 0.25) is 0 Å². The zero-order chi connectivity index (χ0) is 17.3. The Hall–Kier alpha value is -2.29. The Morgan fingerprint density at radius 2 is 1.65 bits per heavy atom. The van der Waals surface area contributed by atoms with Crippen LogP contribution in [0.15, 0.2) is 47.4 Å². The number of anilines is 1. The van der Waals surface area contributed by atoms with Crippen LogP contribution in [0.25, 0.3) is 0 Å². The van der Waals surface area contributed by atoms with Crippen LogP contribution in [-0.2, 0) is 16.2 Å². The molecule has 0 amide bonds. The van der Waals surface area contributed by atoms with Crippen molar-refractivity contribution in [1.29, 1.82) is 0 Å². The molecule has 0 heterocycles. The number of halogens is 4. The van der Waals surface area contributed by atoms with Crippen molar-refractivity contribution in [2.45, 2.75) is 11.1 Å². The summed E-state index contributed by atoms with van der Waals surface area (Å²) in [5.74, 6) is -0.730. The maximum atomic E-state index is 13.0. The van der Waals surface area contributed by atoms with Gasteiger partial charge in [0.25, 0.3) is 10.0 Å². The number of hydrogen-bond donors (Lipinski definition) is 1. The zero-order valence-corrected chi connectivity index (χ0v) is 12.5. The number of benzene rings is 2. The molecule has 0 bridgehead atoms. The highest BCUT2D eigenvalue weighted by atomic mass is 32.2. The Kier molecular flexibility index (Phi) is 4.51. The van der Waals surface area contributed by atoms with Gasteiger partial charge in [0, 0.05) is 0 Å². The summed E-state index contributed by atoms with van der Waals surface area (Å²) >= 11 is 0. The van der Waals surface area contributed by atoms with Gasteiger partial charge in [-0.1, -0.05) is 0 Å². The number of ether oxygens (including phenoxy) is 1. The molecule has 124 valence electrons.